The Morgan fingerprint density at radius 2 is 1.92 bits per heavy atom. The Morgan fingerprint density at radius 1 is 1.42 bits per heavy atom. The summed E-state index contributed by atoms with van der Waals surface area (Å²) in [6.45, 7) is 8.46. The van der Waals surface area contributed by atoms with Gasteiger partial charge in [0.1, 0.15) is 0 Å². The first-order chi connectivity index (χ1) is 5.44. The molecule has 0 aromatic heterocycles. The molecule has 0 bridgehead atoms. The molecule has 2 nitrogen and oxygen atoms in total. The van der Waals surface area contributed by atoms with Gasteiger partial charge in [0.2, 0.25) is 0 Å². The van der Waals surface area contributed by atoms with Crippen LogP contribution in [0.5, 0.6) is 0 Å². The third-order valence-electron chi connectivity index (χ3n) is 2.93. The van der Waals surface area contributed by atoms with E-state index in [2.05, 4.69) is 27.7 Å². The lowest BCUT2D eigenvalue weighted by Crippen LogP contribution is -2.25. The zero-order valence-electron chi connectivity index (χ0n) is 8.55. The van der Waals surface area contributed by atoms with Crippen LogP contribution in [0.25, 0.3) is 0 Å². The molecule has 2 heteroatoms. The Bertz CT molecular complexity index is 150. The van der Waals surface area contributed by atoms with E-state index in [1.807, 2.05) is 0 Å². The minimum atomic E-state index is -0.677. The highest BCUT2D eigenvalue weighted by molar-refractivity contribution is 5.67. The van der Waals surface area contributed by atoms with Crippen molar-refractivity contribution in [2.45, 2.75) is 47.0 Å². The standard InChI is InChI=1S/C10H20O2/c1-5-8(7-9(11)12)10(3,4)6-2/h8H,5-7H2,1-4H3,(H,11,12). The molecular weight excluding hydrogens is 152 g/mol. The molecule has 0 aliphatic heterocycles. The van der Waals surface area contributed by atoms with Crippen LogP contribution in [-0.4, -0.2) is 11.1 Å². The first-order valence-electron chi connectivity index (χ1n) is 4.65. The average Bonchev–Trinajstić information content (AvgIpc) is 1.99. The predicted octanol–water partition coefficient (Wildman–Crippen LogP) is 2.92. The fourth-order valence-corrected chi connectivity index (χ4v) is 1.47. The number of carboxylic acids is 1. The van der Waals surface area contributed by atoms with Gasteiger partial charge in [-0.1, -0.05) is 40.5 Å². The van der Waals surface area contributed by atoms with Crippen LogP contribution in [0.1, 0.15) is 47.0 Å². The van der Waals surface area contributed by atoms with E-state index in [4.69, 9.17) is 5.11 Å². The van der Waals surface area contributed by atoms with Crippen molar-refractivity contribution in [2.75, 3.05) is 0 Å². The topological polar surface area (TPSA) is 37.3 Å². The summed E-state index contributed by atoms with van der Waals surface area (Å²) in [4.78, 5) is 10.5. The Hall–Kier alpha value is -0.530. The van der Waals surface area contributed by atoms with Crippen LogP contribution in [0.15, 0.2) is 0 Å². The number of hydrogen-bond acceptors (Lipinski definition) is 1. The van der Waals surface area contributed by atoms with Gasteiger partial charge in [-0.05, 0) is 11.3 Å². The van der Waals surface area contributed by atoms with Crippen LogP contribution in [-0.2, 0) is 4.79 Å². The molecule has 0 fully saturated rings. The molecule has 0 aromatic carbocycles. The van der Waals surface area contributed by atoms with Gasteiger partial charge in [0.05, 0.1) is 0 Å². The van der Waals surface area contributed by atoms with Crippen molar-refractivity contribution in [1.82, 2.24) is 0 Å². The maximum atomic E-state index is 10.5. The summed E-state index contributed by atoms with van der Waals surface area (Å²) in [7, 11) is 0. The molecule has 1 atom stereocenters. The molecule has 0 radical (unpaired) electrons. The van der Waals surface area contributed by atoms with Crippen molar-refractivity contribution >= 4 is 5.97 Å². The summed E-state index contributed by atoms with van der Waals surface area (Å²) in [6, 6.07) is 0. The van der Waals surface area contributed by atoms with Crippen molar-refractivity contribution in [2.24, 2.45) is 11.3 Å². The molecule has 0 heterocycles. The van der Waals surface area contributed by atoms with Crippen LogP contribution in [0, 0.1) is 11.3 Å². The Labute approximate surface area is 75.0 Å². The highest BCUT2D eigenvalue weighted by Crippen LogP contribution is 2.34. The lowest BCUT2D eigenvalue weighted by Gasteiger charge is -2.31. The molecule has 0 aromatic rings. The molecule has 0 saturated heterocycles. The molecule has 1 N–H and O–H groups in total. The molecule has 12 heavy (non-hydrogen) atoms. The number of aliphatic carboxylic acids is 1. The third kappa shape index (κ3) is 3.24. The van der Waals surface area contributed by atoms with E-state index in [1.165, 1.54) is 0 Å². The van der Waals surface area contributed by atoms with E-state index in [-0.39, 0.29) is 5.41 Å². The summed E-state index contributed by atoms with van der Waals surface area (Å²) in [5.41, 5.74) is 0.160. The Balaban J connectivity index is 4.23. The Kier molecular flexibility index (Phi) is 4.29. The average molecular weight is 172 g/mol. The summed E-state index contributed by atoms with van der Waals surface area (Å²) < 4.78 is 0. The van der Waals surface area contributed by atoms with Crippen molar-refractivity contribution in [3.05, 3.63) is 0 Å². The van der Waals surface area contributed by atoms with Crippen LogP contribution < -0.4 is 0 Å². The maximum absolute atomic E-state index is 10.5. The number of carboxylic acid groups (broad SMARTS) is 1. The first kappa shape index (κ1) is 11.5. The molecule has 0 amide bonds. The van der Waals surface area contributed by atoms with Gasteiger partial charge in [0.25, 0.3) is 0 Å². The van der Waals surface area contributed by atoms with Crippen LogP contribution >= 0.6 is 0 Å². The molecule has 0 spiro atoms. The van der Waals surface area contributed by atoms with Gasteiger partial charge in [-0.3, -0.25) is 4.79 Å². The fraction of sp³-hybridized carbons (Fsp3) is 0.900. The predicted molar refractivity (Wildman–Crippen MR) is 50.1 cm³/mol. The van der Waals surface area contributed by atoms with Crippen LogP contribution in [0.4, 0.5) is 0 Å². The van der Waals surface area contributed by atoms with Gasteiger partial charge in [-0.25, -0.2) is 0 Å². The summed E-state index contributed by atoms with van der Waals surface area (Å²) in [5.74, 6) is -0.372. The fourth-order valence-electron chi connectivity index (χ4n) is 1.47. The highest BCUT2D eigenvalue weighted by atomic mass is 16.4. The van der Waals surface area contributed by atoms with Gasteiger partial charge in [-0.15, -0.1) is 0 Å². The maximum Gasteiger partial charge on any atom is 0.303 e. The van der Waals surface area contributed by atoms with Crippen LogP contribution in [0.2, 0.25) is 0 Å². The van der Waals surface area contributed by atoms with Crippen molar-refractivity contribution in [3.8, 4) is 0 Å². The summed E-state index contributed by atoms with van der Waals surface area (Å²) >= 11 is 0. The van der Waals surface area contributed by atoms with Gasteiger partial charge < -0.3 is 5.11 Å². The highest BCUT2D eigenvalue weighted by Gasteiger charge is 2.27. The number of carbonyl (C=O) groups is 1. The second-order valence-electron chi connectivity index (χ2n) is 4.05. The molecule has 0 aliphatic rings. The van der Waals surface area contributed by atoms with Crippen molar-refractivity contribution in [1.29, 1.82) is 0 Å². The Morgan fingerprint density at radius 3 is 2.17 bits per heavy atom. The molecule has 72 valence electrons. The normalized spacial score (nSPS) is 14.3. The third-order valence-corrected chi connectivity index (χ3v) is 2.93. The minimum absolute atomic E-state index is 0.160. The molecule has 1 unspecified atom stereocenters. The van der Waals surface area contributed by atoms with Crippen molar-refractivity contribution < 1.29 is 9.90 Å². The van der Waals surface area contributed by atoms with E-state index >= 15 is 0 Å². The SMILES string of the molecule is CCC(CC(=O)O)C(C)(C)CC. The van der Waals surface area contributed by atoms with Gasteiger partial charge in [0, 0.05) is 6.42 Å². The van der Waals surface area contributed by atoms with E-state index in [0.29, 0.717) is 12.3 Å². The molecular formula is C10H20O2. The van der Waals surface area contributed by atoms with E-state index in [1.54, 1.807) is 0 Å². The molecule has 0 saturated carbocycles. The summed E-state index contributed by atoms with van der Waals surface area (Å²) in [5, 5.41) is 8.67. The molecule has 0 rings (SSSR count). The van der Waals surface area contributed by atoms with E-state index in [9.17, 15) is 4.79 Å². The number of hydrogen-bond donors (Lipinski definition) is 1. The second-order valence-corrected chi connectivity index (χ2v) is 4.05. The molecule has 0 aliphatic carbocycles. The smallest absolute Gasteiger partial charge is 0.303 e. The van der Waals surface area contributed by atoms with Gasteiger partial charge in [0.15, 0.2) is 0 Å². The van der Waals surface area contributed by atoms with E-state index in [0.717, 1.165) is 12.8 Å². The zero-order valence-corrected chi connectivity index (χ0v) is 8.55. The van der Waals surface area contributed by atoms with Gasteiger partial charge in [-0.2, -0.15) is 0 Å². The second kappa shape index (κ2) is 4.48. The zero-order chi connectivity index (χ0) is 9.78. The van der Waals surface area contributed by atoms with Crippen LogP contribution in [0.3, 0.4) is 0 Å². The largest absolute Gasteiger partial charge is 0.481 e. The quantitative estimate of drug-likeness (QED) is 0.692. The minimum Gasteiger partial charge on any atom is -0.481 e. The first-order valence-corrected chi connectivity index (χ1v) is 4.65. The van der Waals surface area contributed by atoms with Gasteiger partial charge >= 0.3 is 5.97 Å². The number of rotatable bonds is 5. The van der Waals surface area contributed by atoms with Crippen molar-refractivity contribution in [3.63, 3.8) is 0 Å². The van der Waals surface area contributed by atoms with E-state index < -0.39 is 5.97 Å². The summed E-state index contributed by atoms with van der Waals surface area (Å²) in [6.07, 6.45) is 2.29. The lowest BCUT2D eigenvalue weighted by atomic mass is 9.74. The monoisotopic (exact) mass is 172 g/mol. The lowest BCUT2D eigenvalue weighted by molar-refractivity contribution is -0.139.